The first kappa shape index (κ1) is 19.5. The van der Waals surface area contributed by atoms with Crippen LogP contribution in [0.4, 0.5) is 0 Å². The van der Waals surface area contributed by atoms with Gasteiger partial charge in [-0.05, 0) is 43.0 Å². The molecule has 1 aliphatic heterocycles. The van der Waals surface area contributed by atoms with Crippen molar-refractivity contribution in [2.24, 2.45) is 11.0 Å². The minimum Gasteiger partial charge on any atom is -0.276 e. The van der Waals surface area contributed by atoms with Crippen LogP contribution in [0.3, 0.4) is 0 Å². The molecule has 5 rings (SSSR count). The summed E-state index contributed by atoms with van der Waals surface area (Å²) < 4.78 is 0. The van der Waals surface area contributed by atoms with Gasteiger partial charge in [-0.1, -0.05) is 68.4 Å². The van der Waals surface area contributed by atoms with E-state index in [0.29, 0.717) is 5.92 Å². The molecule has 0 spiro atoms. The third kappa shape index (κ3) is 4.21. The molecule has 0 radical (unpaired) electrons. The van der Waals surface area contributed by atoms with E-state index in [0.717, 1.165) is 41.5 Å². The van der Waals surface area contributed by atoms with Crippen LogP contribution < -0.4 is 10.9 Å². The van der Waals surface area contributed by atoms with E-state index in [1.54, 1.807) is 0 Å². The third-order valence-corrected chi connectivity index (χ3v) is 7.06. The number of rotatable bonds is 4. The molecular weight excluding hydrogens is 367 g/mol. The SMILES string of the molecule is B(c1ccc(C2=C3CCCCCCC3C(c3ccccn3)=NN2)nc1)C1CCCC1. The van der Waals surface area contributed by atoms with Gasteiger partial charge in [-0.2, -0.15) is 5.10 Å². The predicted octanol–water partition coefficient (Wildman–Crippen LogP) is 4.59. The highest BCUT2D eigenvalue weighted by Gasteiger charge is 2.30. The molecule has 0 amide bonds. The van der Waals surface area contributed by atoms with Crippen molar-refractivity contribution in [2.45, 2.75) is 70.0 Å². The second-order valence-electron chi connectivity index (χ2n) is 9.14. The fraction of sp³-hybridized carbons (Fsp3) is 0.480. The van der Waals surface area contributed by atoms with Gasteiger partial charge in [0.05, 0.1) is 22.8 Å². The first-order valence-electron chi connectivity index (χ1n) is 11.8. The lowest BCUT2D eigenvalue weighted by atomic mass is 9.59. The van der Waals surface area contributed by atoms with Crippen molar-refractivity contribution in [3.05, 3.63) is 59.7 Å². The molecule has 2 saturated carbocycles. The van der Waals surface area contributed by atoms with Crippen LogP contribution in [0.5, 0.6) is 0 Å². The number of hydrogen-bond acceptors (Lipinski definition) is 4. The topological polar surface area (TPSA) is 50.2 Å². The van der Waals surface area contributed by atoms with Gasteiger partial charge in [-0.15, -0.1) is 0 Å². The number of aromatic nitrogens is 2. The lowest BCUT2D eigenvalue weighted by Gasteiger charge is -2.30. The summed E-state index contributed by atoms with van der Waals surface area (Å²) in [6, 6.07) is 10.6. The molecule has 154 valence electrons. The Morgan fingerprint density at radius 2 is 1.70 bits per heavy atom. The van der Waals surface area contributed by atoms with Gasteiger partial charge < -0.3 is 0 Å². The van der Waals surface area contributed by atoms with E-state index in [9.17, 15) is 0 Å². The van der Waals surface area contributed by atoms with Crippen molar-refractivity contribution < 1.29 is 0 Å². The second kappa shape index (κ2) is 9.15. The van der Waals surface area contributed by atoms with E-state index < -0.39 is 0 Å². The molecule has 1 unspecified atom stereocenters. The number of hydrazone groups is 1. The molecule has 0 bridgehead atoms. The maximum Gasteiger partial charge on any atom is 0.162 e. The fourth-order valence-corrected chi connectivity index (χ4v) is 5.45. The Morgan fingerprint density at radius 1 is 0.833 bits per heavy atom. The maximum atomic E-state index is 4.88. The minimum atomic E-state index is 0.344. The van der Waals surface area contributed by atoms with Crippen LogP contribution in [-0.2, 0) is 0 Å². The summed E-state index contributed by atoms with van der Waals surface area (Å²) in [4.78, 5) is 9.48. The van der Waals surface area contributed by atoms with Gasteiger partial charge in [0.1, 0.15) is 0 Å². The standard InChI is InChI=1S/C25H31BN4/c1-2-4-12-21-20(11-3-1)24(22-13-7-8-16-27-22)29-30-25(21)23-15-14-19(17-28-23)26-18-9-5-6-10-18/h7-8,13-18,20,26,30H,1-6,9-12H2. The van der Waals surface area contributed by atoms with Gasteiger partial charge in [0.25, 0.3) is 0 Å². The highest BCUT2D eigenvalue weighted by atomic mass is 15.3. The van der Waals surface area contributed by atoms with Crippen molar-refractivity contribution in [1.82, 2.24) is 15.4 Å². The lowest BCUT2D eigenvalue weighted by molar-refractivity contribution is 0.521. The summed E-state index contributed by atoms with van der Waals surface area (Å²) in [5.41, 5.74) is 10.5. The van der Waals surface area contributed by atoms with E-state index in [2.05, 4.69) is 40.9 Å². The molecule has 30 heavy (non-hydrogen) atoms. The largest absolute Gasteiger partial charge is 0.276 e. The molecule has 2 aromatic heterocycles. The summed E-state index contributed by atoms with van der Waals surface area (Å²) in [6.45, 7) is 0. The number of hydrogen-bond donors (Lipinski definition) is 1. The molecule has 1 atom stereocenters. The summed E-state index contributed by atoms with van der Waals surface area (Å²) >= 11 is 0. The van der Waals surface area contributed by atoms with Gasteiger partial charge in [0, 0.05) is 18.3 Å². The zero-order valence-electron chi connectivity index (χ0n) is 17.8. The van der Waals surface area contributed by atoms with Crippen LogP contribution in [0.25, 0.3) is 5.70 Å². The van der Waals surface area contributed by atoms with Crippen LogP contribution in [0.2, 0.25) is 5.82 Å². The first-order chi connectivity index (χ1) is 14.9. The minimum absolute atomic E-state index is 0.344. The van der Waals surface area contributed by atoms with E-state index >= 15 is 0 Å². The first-order valence-corrected chi connectivity index (χ1v) is 11.8. The van der Waals surface area contributed by atoms with Crippen molar-refractivity contribution >= 4 is 24.2 Å². The molecule has 3 heterocycles. The van der Waals surface area contributed by atoms with E-state index in [1.807, 2.05) is 12.3 Å². The monoisotopic (exact) mass is 398 g/mol. The molecule has 0 aromatic carbocycles. The molecule has 2 fully saturated rings. The fourth-order valence-electron chi connectivity index (χ4n) is 5.45. The van der Waals surface area contributed by atoms with Crippen LogP contribution in [0, 0.1) is 5.92 Å². The lowest BCUT2D eigenvalue weighted by Crippen LogP contribution is -2.30. The summed E-state index contributed by atoms with van der Waals surface area (Å²) in [6.07, 6.45) is 16.9. The third-order valence-electron chi connectivity index (χ3n) is 7.06. The number of pyridine rings is 2. The van der Waals surface area contributed by atoms with Crippen molar-refractivity contribution in [1.29, 1.82) is 0 Å². The Labute approximate surface area is 180 Å². The van der Waals surface area contributed by atoms with Crippen LogP contribution in [-0.4, -0.2) is 23.0 Å². The summed E-state index contributed by atoms with van der Waals surface area (Å²) in [5.74, 6) is 1.20. The number of nitrogens with one attached hydrogen (secondary N) is 1. The van der Waals surface area contributed by atoms with Gasteiger partial charge >= 0.3 is 0 Å². The van der Waals surface area contributed by atoms with Crippen molar-refractivity contribution in [3.8, 4) is 0 Å². The predicted molar refractivity (Wildman–Crippen MR) is 125 cm³/mol. The highest BCUT2D eigenvalue weighted by Crippen LogP contribution is 2.36. The Kier molecular flexibility index (Phi) is 5.96. The van der Waals surface area contributed by atoms with Crippen molar-refractivity contribution in [3.63, 3.8) is 0 Å². The van der Waals surface area contributed by atoms with Crippen molar-refractivity contribution in [2.75, 3.05) is 0 Å². The van der Waals surface area contributed by atoms with Crippen LogP contribution in [0.15, 0.2) is 53.4 Å². The van der Waals surface area contributed by atoms with E-state index in [1.165, 1.54) is 69.7 Å². The van der Waals surface area contributed by atoms with Gasteiger partial charge in [-0.3, -0.25) is 15.4 Å². The zero-order chi connectivity index (χ0) is 20.2. The maximum absolute atomic E-state index is 4.88. The molecule has 0 saturated heterocycles. The number of allylic oxidation sites excluding steroid dienone is 1. The van der Waals surface area contributed by atoms with Gasteiger partial charge in [-0.25, -0.2) is 0 Å². The van der Waals surface area contributed by atoms with Crippen LogP contribution in [0.1, 0.15) is 75.6 Å². The van der Waals surface area contributed by atoms with Gasteiger partial charge in [0.15, 0.2) is 7.28 Å². The molecular formula is C25H31BN4. The highest BCUT2D eigenvalue weighted by molar-refractivity contribution is 6.54. The molecule has 4 nitrogen and oxygen atoms in total. The quantitative estimate of drug-likeness (QED) is 0.767. The van der Waals surface area contributed by atoms with E-state index in [-0.39, 0.29) is 0 Å². The summed E-state index contributed by atoms with van der Waals surface area (Å²) in [5, 5.41) is 4.83. The Morgan fingerprint density at radius 3 is 2.50 bits per heavy atom. The smallest absolute Gasteiger partial charge is 0.162 e. The van der Waals surface area contributed by atoms with E-state index in [4.69, 9.17) is 10.1 Å². The summed E-state index contributed by atoms with van der Waals surface area (Å²) in [7, 11) is 1.18. The zero-order valence-corrected chi connectivity index (χ0v) is 17.8. The second-order valence-corrected chi connectivity index (χ2v) is 9.14. The molecule has 2 aliphatic carbocycles. The van der Waals surface area contributed by atoms with Crippen LogP contribution >= 0.6 is 0 Å². The molecule has 3 aliphatic rings. The normalized spacial score (nSPS) is 22.5. The molecule has 2 aromatic rings. The Hall–Kier alpha value is -2.43. The number of nitrogens with zero attached hydrogens (tertiary/aromatic N) is 3. The average Bonchev–Trinajstić information content (AvgIpc) is 3.28. The Bertz CT molecular complexity index is 914. The Balaban J connectivity index is 1.43. The molecule has 5 heteroatoms. The van der Waals surface area contributed by atoms with Gasteiger partial charge in [0.2, 0.25) is 0 Å². The molecule has 1 N–H and O–H groups in total. The average molecular weight is 398 g/mol. The number of fused-ring (bicyclic) bond motifs is 1.